The van der Waals surface area contributed by atoms with Crippen LogP contribution in [0.5, 0.6) is 5.75 Å². The minimum atomic E-state index is -0.533. The fraction of sp³-hybridized carbons (Fsp3) is 0.316. The Balaban J connectivity index is 1.69. The Kier molecular flexibility index (Phi) is 7.11. The summed E-state index contributed by atoms with van der Waals surface area (Å²) in [4.78, 5) is 4.19. The third-order valence-corrected chi connectivity index (χ3v) is 3.67. The molecule has 0 radical (unpaired) electrons. The molecule has 24 heavy (non-hydrogen) atoms. The maximum atomic E-state index is 10.0. The third kappa shape index (κ3) is 6.30. The first-order chi connectivity index (χ1) is 11.7. The van der Waals surface area contributed by atoms with Crippen molar-refractivity contribution < 1.29 is 9.84 Å². The van der Waals surface area contributed by atoms with Gasteiger partial charge in [-0.15, -0.1) is 0 Å². The van der Waals surface area contributed by atoms with Crippen molar-refractivity contribution >= 4 is 5.96 Å². The molecule has 0 aliphatic carbocycles. The van der Waals surface area contributed by atoms with Crippen molar-refractivity contribution in [3.63, 3.8) is 0 Å². The molecule has 1 atom stereocenters. The molecule has 0 aromatic heterocycles. The van der Waals surface area contributed by atoms with E-state index in [9.17, 15) is 5.11 Å². The molecular formula is C19H25N3O2. The van der Waals surface area contributed by atoms with Crippen LogP contribution in [0.2, 0.25) is 0 Å². The summed E-state index contributed by atoms with van der Waals surface area (Å²) in [5, 5.41) is 13.1. The Bertz CT molecular complexity index is 627. The van der Waals surface area contributed by atoms with Gasteiger partial charge in [-0.1, -0.05) is 42.5 Å². The number of methoxy groups -OCH3 is 1. The van der Waals surface area contributed by atoms with Crippen LogP contribution in [0.15, 0.2) is 59.6 Å². The minimum Gasteiger partial charge on any atom is -0.497 e. The number of nitrogens with two attached hydrogens (primary N) is 1. The zero-order chi connectivity index (χ0) is 17.2. The predicted molar refractivity (Wildman–Crippen MR) is 97.3 cm³/mol. The number of aliphatic hydroxyl groups excluding tert-OH is 1. The molecule has 2 rings (SSSR count). The van der Waals surface area contributed by atoms with Gasteiger partial charge in [0.15, 0.2) is 5.96 Å². The van der Waals surface area contributed by atoms with Gasteiger partial charge in [0.1, 0.15) is 5.75 Å². The summed E-state index contributed by atoms with van der Waals surface area (Å²) >= 11 is 0. The summed E-state index contributed by atoms with van der Waals surface area (Å²) in [7, 11) is 1.65. The highest BCUT2D eigenvalue weighted by atomic mass is 16.5. The van der Waals surface area contributed by atoms with Crippen molar-refractivity contribution in [2.75, 3.05) is 20.2 Å². The second kappa shape index (κ2) is 9.57. The SMILES string of the molecule is COc1ccc(CCNC(N)=NCC(O)Cc2ccccc2)cc1. The van der Waals surface area contributed by atoms with Crippen molar-refractivity contribution in [3.05, 3.63) is 65.7 Å². The van der Waals surface area contributed by atoms with Crippen molar-refractivity contribution in [2.45, 2.75) is 18.9 Å². The van der Waals surface area contributed by atoms with Crippen LogP contribution in [0, 0.1) is 0 Å². The first kappa shape index (κ1) is 17.8. The summed E-state index contributed by atoms with van der Waals surface area (Å²) in [6.07, 6.45) is 0.880. The molecule has 2 aromatic rings. The number of rotatable bonds is 8. The van der Waals surface area contributed by atoms with Gasteiger partial charge in [0, 0.05) is 13.0 Å². The summed E-state index contributed by atoms with van der Waals surface area (Å²) < 4.78 is 5.13. The van der Waals surface area contributed by atoms with E-state index in [1.807, 2.05) is 54.6 Å². The standard InChI is InChI=1S/C19H25N3O2/c1-24-18-9-7-15(8-10-18)11-12-21-19(20)22-14-17(23)13-16-5-3-2-4-6-16/h2-10,17,23H,11-14H2,1H3,(H3,20,21,22). The lowest BCUT2D eigenvalue weighted by Crippen LogP contribution is -2.34. The van der Waals surface area contributed by atoms with E-state index in [1.54, 1.807) is 7.11 Å². The number of hydrogen-bond donors (Lipinski definition) is 3. The van der Waals surface area contributed by atoms with Gasteiger partial charge in [0.05, 0.1) is 19.8 Å². The maximum Gasteiger partial charge on any atom is 0.188 e. The molecule has 5 heteroatoms. The lowest BCUT2D eigenvalue weighted by atomic mass is 10.1. The second-order valence-corrected chi connectivity index (χ2v) is 5.59. The van der Waals surface area contributed by atoms with E-state index in [0.29, 0.717) is 18.9 Å². The van der Waals surface area contributed by atoms with Crippen molar-refractivity contribution in [2.24, 2.45) is 10.7 Å². The van der Waals surface area contributed by atoms with Crippen LogP contribution in [-0.4, -0.2) is 37.4 Å². The van der Waals surface area contributed by atoms with Crippen molar-refractivity contribution in [1.29, 1.82) is 0 Å². The molecule has 0 bridgehead atoms. The normalized spacial score (nSPS) is 12.7. The predicted octanol–water partition coefficient (Wildman–Crippen LogP) is 1.75. The van der Waals surface area contributed by atoms with Crippen LogP contribution in [0.4, 0.5) is 0 Å². The van der Waals surface area contributed by atoms with E-state index >= 15 is 0 Å². The highest BCUT2D eigenvalue weighted by Gasteiger charge is 2.04. The number of ether oxygens (including phenoxy) is 1. The molecule has 0 aliphatic heterocycles. The second-order valence-electron chi connectivity index (χ2n) is 5.59. The lowest BCUT2D eigenvalue weighted by molar-refractivity contribution is 0.184. The zero-order valence-corrected chi connectivity index (χ0v) is 14.0. The third-order valence-electron chi connectivity index (χ3n) is 3.67. The fourth-order valence-electron chi connectivity index (χ4n) is 2.34. The van der Waals surface area contributed by atoms with Gasteiger partial charge in [-0.05, 0) is 29.7 Å². The highest BCUT2D eigenvalue weighted by molar-refractivity contribution is 5.77. The minimum absolute atomic E-state index is 0.288. The van der Waals surface area contributed by atoms with Crippen LogP contribution in [-0.2, 0) is 12.8 Å². The number of aliphatic imine (C=N–C) groups is 1. The first-order valence-electron chi connectivity index (χ1n) is 8.06. The topological polar surface area (TPSA) is 79.9 Å². The van der Waals surface area contributed by atoms with Gasteiger partial charge in [0.2, 0.25) is 0 Å². The summed E-state index contributed by atoms with van der Waals surface area (Å²) in [5.41, 5.74) is 8.12. The summed E-state index contributed by atoms with van der Waals surface area (Å²) in [6.45, 7) is 0.979. The lowest BCUT2D eigenvalue weighted by Gasteiger charge is -2.10. The van der Waals surface area contributed by atoms with Crippen LogP contribution in [0.25, 0.3) is 0 Å². The molecule has 0 saturated carbocycles. The monoisotopic (exact) mass is 327 g/mol. The zero-order valence-electron chi connectivity index (χ0n) is 14.0. The van der Waals surface area contributed by atoms with Gasteiger partial charge >= 0.3 is 0 Å². The molecule has 0 amide bonds. The van der Waals surface area contributed by atoms with E-state index in [4.69, 9.17) is 10.5 Å². The molecule has 0 spiro atoms. The van der Waals surface area contributed by atoms with E-state index < -0.39 is 6.10 Å². The molecular weight excluding hydrogens is 302 g/mol. The highest BCUT2D eigenvalue weighted by Crippen LogP contribution is 2.11. The smallest absolute Gasteiger partial charge is 0.188 e. The summed E-state index contributed by atoms with van der Waals surface area (Å²) in [6, 6.07) is 17.8. The molecule has 0 fully saturated rings. The van der Waals surface area contributed by atoms with Crippen molar-refractivity contribution in [1.82, 2.24) is 5.32 Å². The average molecular weight is 327 g/mol. The van der Waals surface area contributed by atoms with E-state index in [2.05, 4.69) is 10.3 Å². The molecule has 5 nitrogen and oxygen atoms in total. The average Bonchev–Trinajstić information content (AvgIpc) is 2.61. The Morgan fingerprint density at radius 3 is 2.50 bits per heavy atom. The molecule has 0 saturated heterocycles. The Labute approximate surface area is 143 Å². The number of nitrogens with one attached hydrogen (secondary N) is 1. The van der Waals surface area contributed by atoms with Gasteiger partial charge in [0.25, 0.3) is 0 Å². The van der Waals surface area contributed by atoms with Crippen LogP contribution in [0.3, 0.4) is 0 Å². The fourth-order valence-corrected chi connectivity index (χ4v) is 2.34. The number of nitrogens with zero attached hydrogens (tertiary/aromatic N) is 1. The Morgan fingerprint density at radius 2 is 1.83 bits per heavy atom. The summed E-state index contributed by atoms with van der Waals surface area (Å²) in [5.74, 6) is 1.20. The van der Waals surface area contributed by atoms with Gasteiger partial charge in [-0.3, -0.25) is 4.99 Å². The number of hydrogen-bond acceptors (Lipinski definition) is 3. The molecule has 1 unspecified atom stereocenters. The quantitative estimate of drug-likeness (QED) is 0.510. The molecule has 0 heterocycles. The molecule has 128 valence electrons. The number of benzene rings is 2. The van der Waals surface area contributed by atoms with E-state index in [-0.39, 0.29) is 6.54 Å². The molecule has 0 aliphatic rings. The first-order valence-corrected chi connectivity index (χ1v) is 8.06. The van der Waals surface area contributed by atoms with E-state index in [0.717, 1.165) is 17.7 Å². The van der Waals surface area contributed by atoms with Crippen molar-refractivity contribution in [3.8, 4) is 5.75 Å². The Hall–Kier alpha value is -2.53. The van der Waals surface area contributed by atoms with E-state index in [1.165, 1.54) is 5.56 Å². The van der Waals surface area contributed by atoms with Crippen LogP contribution in [0.1, 0.15) is 11.1 Å². The van der Waals surface area contributed by atoms with Gasteiger partial charge < -0.3 is 20.9 Å². The van der Waals surface area contributed by atoms with Crippen LogP contribution < -0.4 is 15.8 Å². The largest absolute Gasteiger partial charge is 0.497 e. The molecule has 4 N–H and O–H groups in total. The number of aliphatic hydroxyl groups is 1. The van der Waals surface area contributed by atoms with Gasteiger partial charge in [-0.2, -0.15) is 0 Å². The Morgan fingerprint density at radius 1 is 1.12 bits per heavy atom. The van der Waals surface area contributed by atoms with Gasteiger partial charge in [-0.25, -0.2) is 0 Å². The van der Waals surface area contributed by atoms with Crippen LogP contribution >= 0.6 is 0 Å². The maximum absolute atomic E-state index is 10.0. The number of guanidine groups is 1. The molecule has 2 aromatic carbocycles.